The van der Waals surface area contributed by atoms with Gasteiger partial charge in [0.05, 0.1) is 5.02 Å². The van der Waals surface area contributed by atoms with Crippen LogP contribution >= 0.6 is 39.1 Å². The highest BCUT2D eigenvalue weighted by Crippen LogP contribution is 2.28. The lowest BCUT2D eigenvalue weighted by molar-refractivity contribution is 0.563. The molecule has 1 heterocycles. The van der Waals surface area contributed by atoms with Crippen LogP contribution in [-0.2, 0) is 0 Å². The van der Waals surface area contributed by atoms with Gasteiger partial charge in [-0.25, -0.2) is 4.98 Å². The van der Waals surface area contributed by atoms with Crippen molar-refractivity contribution < 1.29 is 0 Å². The minimum atomic E-state index is 0.430. The second-order valence-electron chi connectivity index (χ2n) is 3.81. The molecule has 0 N–H and O–H groups in total. The third-order valence-electron chi connectivity index (χ3n) is 2.77. The lowest BCUT2D eigenvalue weighted by atomic mass is 10.1. The van der Waals surface area contributed by atoms with Crippen molar-refractivity contribution in [1.82, 2.24) is 4.98 Å². The van der Waals surface area contributed by atoms with E-state index in [0.717, 1.165) is 29.7 Å². The first-order chi connectivity index (χ1) is 8.13. The number of hydrogen-bond donors (Lipinski definition) is 0. The van der Waals surface area contributed by atoms with E-state index in [4.69, 9.17) is 23.2 Å². The lowest BCUT2D eigenvalue weighted by Crippen LogP contribution is -2.36. The zero-order valence-corrected chi connectivity index (χ0v) is 13.2. The van der Waals surface area contributed by atoms with Crippen molar-refractivity contribution in [3.8, 4) is 0 Å². The van der Waals surface area contributed by atoms with Crippen LogP contribution in [0, 0.1) is 0 Å². The molecule has 0 aliphatic carbocycles. The van der Waals surface area contributed by atoms with E-state index in [1.165, 1.54) is 0 Å². The molecular formula is C12H17BrCl2N2. The second kappa shape index (κ2) is 7.45. The van der Waals surface area contributed by atoms with Crippen LogP contribution in [0.2, 0.25) is 5.02 Å². The van der Waals surface area contributed by atoms with Gasteiger partial charge in [0.25, 0.3) is 0 Å². The minimum absolute atomic E-state index is 0.430. The van der Waals surface area contributed by atoms with Crippen LogP contribution < -0.4 is 4.90 Å². The predicted molar refractivity (Wildman–Crippen MR) is 79.4 cm³/mol. The molecule has 0 aromatic carbocycles. The molecule has 0 amide bonds. The zero-order chi connectivity index (χ0) is 12.8. The molecule has 17 heavy (non-hydrogen) atoms. The van der Waals surface area contributed by atoms with E-state index < -0.39 is 0 Å². The quantitative estimate of drug-likeness (QED) is 0.696. The molecule has 1 aromatic heterocycles. The Morgan fingerprint density at radius 2 is 2.06 bits per heavy atom. The molecule has 96 valence electrons. The molecule has 0 saturated carbocycles. The van der Waals surface area contributed by atoms with Gasteiger partial charge in [-0.2, -0.15) is 0 Å². The Morgan fingerprint density at radius 3 is 2.53 bits per heavy atom. The topological polar surface area (TPSA) is 16.1 Å². The van der Waals surface area contributed by atoms with Crippen molar-refractivity contribution in [3.63, 3.8) is 0 Å². The highest BCUT2D eigenvalue weighted by molar-refractivity contribution is 9.10. The molecule has 0 bridgehead atoms. The van der Waals surface area contributed by atoms with Crippen LogP contribution in [0.15, 0.2) is 16.7 Å². The first-order valence-corrected chi connectivity index (χ1v) is 7.48. The van der Waals surface area contributed by atoms with Crippen LogP contribution in [0.25, 0.3) is 0 Å². The summed E-state index contributed by atoms with van der Waals surface area (Å²) in [6, 6.07) is 2.30. The van der Waals surface area contributed by atoms with Crippen LogP contribution in [0.4, 0.5) is 5.82 Å². The first kappa shape index (κ1) is 15.1. The Bertz CT molecular complexity index is 356. The fourth-order valence-corrected chi connectivity index (χ4v) is 2.82. The number of alkyl halides is 1. The molecule has 0 radical (unpaired) electrons. The maximum atomic E-state index is 6.24. The molecule has 0 aliphatic rings. The monoisotopic (exact) mass is 338 g/mol. The summed E-state index contributed by atoms with van der Waals surface area (Å²) >= 11 is 15.5. The summed E-state index contributed by atoms with van der Waals surface area (Å²) in [5, 5.41) is 0.663. The van der Waals surface area contributed by atoms with Gasteiger partial charge in [-0.15, -0.1) is 11.6 Å². The Labute approximate surface area is 121 Å². The van der Waals surface area contributed by atoms with Gasteiger partial charge in [-0.1, -0.05) is 25.4 Å². The fourth-order valence-electron chi connectivity index (χ4n) is 1.90. The predicted octanol–water partition coefficient (Wildman–Crippen LogP) is 4.73. The maximum Gasteiger partial charge on any atom is 0.147 e. The van der Waals surface area contributed by atoms with E-state index in [9.17, 15) is 0 Å². The molecule has 0 unspecified atom stereocenters. The molecule has 0 spiro atoms. The summed E-state index contributed by atoms with van der Waals surface area (Å²) in [7, 11) is 0. The summed E-state index contributed by atoms with van der Waals surface area (Å²) in [6.45, 7) is 5.10. The maximum absolute atomic E-state index is 6.24. The van der Waals surface area contributed by atoms with E-state index in [0.29, 0.717) is 16.9 Å². The number of pyridine rings is 1. The first-order valence-electron chi connectivity index (χ1n) is 5.77. The second-order valence-corrected chi connectivity index (χ2v) is 5.51. The Morgan fingerprint density at radius 1 is 1.41 bits per heavy atom. The third kappa shape index (κ3) is 4.01. The van der Waals surface area contributed by atoms with E-state index in [2.05, 4.69) is 39.7 Å². The molecule has 1 rings (SSSR count). The highest BCUT2D eigenvalue weighted by Gasteiger charge is 2.18. The summed E-state index contributed by atoms with van der Waals surface area (Å²) in [5.74, 6) is 1.40. The van der Waals surface area contributed by atoms with Gasteiger partial charge in [-0.3, -0.25) is 0 Å². The van der Waals surface area contributed by atoms with Crippen molar-refractivity contribution in [1.29, 1.82) is 0 Å². The lowest BCUT2D eigenvalue weighted by Gasteiger charge is -2.31. The Balaban J connectivity index is 3.03. The smallest absolute Gasteiger partial charge is 0.147 e. The third-order valence-corrected chi connectivity index (χ3v) is 3.65. The standard InChI is InChI=1S/C12H17BrCl2N2/c1-3-10(4-2)17(6-5-14)12-11(15)7-9(13)8-16-12/h7-8,10H,3-6H2,1-2H3. The molecule has 0 saturated heterocycles. The number of anilines is 1. The van der Waals surface area contributed by atoms with Gasteiger partial charge < -0.3 is 4.90 Å². The number of rotatable bonds is 6. The number of aromatic nitrogens is 1. The van der Waals surface area contributed by atoms with Gasteiger partial charge in [0.2, 0.25) is 0 Å². The van der Waals surface area contributed by atoms with Crippen molar-refractivity contribution in [2.75, 3.05) is 17.3 Å². The van der Waals surface area contributed by atoms with Crippen molar-refractivity contribution >= 4 is 44.9 Å². The van der Waals surface area contributed by atoms with E-state index in [1.807, 2.05) is 6.07 Å². The average Bonchev–Trinajstić information content (AvgIpc) is 2.30. The molecule has 0 atom stereocenters. The number of nitrogens with zero attached hydrogens (tertiary/aromatic N) is 2. The van der Waals surface area contributed by atoms with Crippen LogP contribution in [0.3, 0.4) is 0 Å². The van der Waals surface area contributed by atoms with Gasteiger partial charge >= 0.3 is 0 Å². The number of halogens is 3. The van der Waals surface area contributed by atoms with E-state index in [-0.39, 0.29) is 0 Å². The molecule has 5 heteroatoms. The van der Waals surface area contributed by atoms with E-state index >= 15 is 0 Å². The van der Waals surface area contributed by atoms with Crippen LogP contribution in [0.5, 0.6) is 0 Å². The number of hydrogen-bond acceptors (Lipinski definition) is 2. The summed E-state index contributed by atoms with van der Waals surface area (Å²) < 4.78 is 0.890. The molecule has 0 aliphatic heterocycles. The zero-order valence-electron chi connectivity index (χ0n) is 10.1. The largest absolute Gasteiger partial charge is 0.351 e. The SMILES string of the molecule is CCC(CC)N(CCCl)c1ncc(Br)cc1Cl. The van der Waals surface area contributed by atoms with Crippen molar-refractivity contribution in [2.45, 2.75) is 32.7 Å². The molecule has 0 fully saturated rings. The van der Waals surface area contributed by atoms with Gasteiger partial charge in [0.15, 0.2) is 0 Å². The highest BCUT2D eigenvalue weighted by atomic mass is 79.9. The molecule has 1 aromatic rings. The summed E-state index contributed by atoms with van der Waals surface area (Å²) in [4.78, 5) is 6.60. The normalized spacial score (nSPS) is 10.9. The Kier molecular flexibility index (Phi) is 6.60. The molecule has 2 nitrogen and oxygen atoms in total. The molecular weight excluding hydrogens is 323 g/mol. The summed E-state index contributed by atoms with van der Waals surface area (Å²) in [5.41, 5.74) is 0. The van der Waals surface area contributed by atoms with Crippen LogP contribution in [-0.4, -0.2) is 23.5 Å². The van der Waals surface area contributed by atoms with E-state index in [1.54, 1.807) is 6.20 Å². The van der Waals surface area contributed by atoms with Crippen LogP contribution in [0.1, 0.15) is 26.7 Å². The van der Waals surface area contributed by atoms with Gasteiger partial charge in [-0.05, 0) is 34.8 Å². The van der Waals surface area contributed by atoms with Crippen molar-refractivity contribution in [3.05, 3.63) is 21.8 Å². The fraction of sp³-hybridized carbons (Fsp3) is 0.583. The minimum Gasteiger partial charge on any atom is -0.351 e. The van der Waals surface area contributed by atoms with Gasteiger partial charge in [0, 0.05) is 29.1 Å². The summed E-state index contributed by atoms with van der Waals surface area (Å²) in [6.07, 6.45) is 3.88. The van der Waals surface area contributed by atoms with Gasteiger partial charge in [0.1, 0.15) is 5.82 Å². The Hall–Kier alpha value is 0.01000. The van der Waals surface area contributed by atoms with Crippen molar-refractivity contribution in [2.24, 2.45) is 0 Å². The average molecular weight is 340 g/mol.